The maximum atomic E-state index is 11.8. The lowest BCUT2D eigenvalue weighted by Gasteiger charge is -2.14. The fraction of sp³-hybridized carbons (Fsp3) is 0.0714. The Labute approximate surface area is 136 Å². The van der Waals surface area contributed by atoms with E-state index in [1.54, 1.807) is 12.1 Å². The van der Waals surface area contributed by atoms with Crippen molar-refractivity contribution in [1.29, 1.82) is 0 Å². The molecule has 0 aromatic heterocycles. The van der Waals surface area contributed by atoms with Gasteiger partial charge in [-0.2, -0.15) is 5.10 Å². The van der Waals surface area contributed by atoms with Crippen LogP contribution in [-0.4, -0.2) is 24.0 Å². The molecule has 2 rings (SSSR count). The largest absolute Gasteiger partial charge is 0.366 e. The van der Waals surface area contributed by atoms with Gasteiger partial charge in [0.2, 0.25) is 0 Å². The van der Waals surface area contributed by atoms with Crippen molar-refractivity contribution in [2.45, 2.75) is 0 Å². The number of benzene rings is 1. The number of carbonyl (C=O) groups is 2. The van der Waals surface area contributed by atoms with Gasteiger partial charge in [-0.15, -0.1) is 0 Å². The minimum absolute atomic E-state index is 0.111. The van der Waals surface area contributed by atoms with Gasteiger partial charge in [-0.1, -0.05) is 23.2 Å². The van der Waals surface area contributed by atoms with Crippen molar-refractivity contribution < 1.29 is 9.59 Å². The van der Waals surface area contributed by atoms with Crippen molar-refractivity contribution in [2.75, 3.05) is 7.05 Å². The number of amides is 2. The highest BCUT2D eigenvalue weighted by molar-refractivity contribution is 6.68. The summed E-state index contributed by atoms with van der Waals surface area (Å²) in [6, 6.07) is 4.56. The van der Waals surface area contributed by atoms with Crippen LogP contribution in [0.3, 0.4) is 0 Å². The summed E-state index contributed by atoms with van der Waals surface area (Å²) in [6.45, 7) is 0. The van der Waals surface area contributed by atoms with Crippen molar-refractivity contribution in [1.82, 2.24) is 10.7 Å². The molecule has 0 bridgehead atoms. The molecule has 1 aliphatic heterocycles. The Morgan fingerprint density at radius 1 is 1.27 bits per heavy atom. The molecule has 1 heterocycles. The monoisotopic (exact) mass is 338 g/mol. The van der Waals surface area contributed by atoms with Crippen LogP contribution in [0.1, 0.15) is 15.9 Å². The molecular weight excluding hydrogens is 327 g/mol. The molecule has 1 aliphatic rings. The Kier molecular flexibility index (Phi) is 4.85. The summed E-state index contributed by atoms with van der Waals surface area (Å²) < 4.78 is 0. The average Bonchev–Trinajstić information content (AvgIpc) is 2.50. The van der Waals surface area contributed by atoms with Gasteiger partial charge in [-0.3, -0.25) is 15.0 Å². The van der Waals surface area contributed by atoms with Crippen LogP contribution in [0.5, 0.6) is 0 Å². The van der Waals surface area contributed by atoms with E-state index in [4.69, 9.17) is 28.9 Å². The summed E-state index contributed by atoms with van der Waals surface area (Å²) in [6.07, 6.45) is 3.06. The van der Waals surface area contributed by atoms with Crippen LogP contribution in [0.25, 0.3) is 5.57 Å². The third-order valence-corrected chi connectivity index (χ3v) is 3.45. The highest BCUT2D eigenvalue weighted by Gasteiger charge is 2.19. The number of nitrogens with two attached hydrogens (primary N) is 1. The number of hydrogen-bond donors (Lipinski definition) is 3. The van der Waals surface area contributed by atoms with Crippen LogP contribution in [0, 0.1) is 0 Å². The van der Waals surface area contributed by atoms with E-state index in [1.807, 2.05) is 0 Å². The number of nitrogens with zero attached hydrogens (tertiary/aromatic N) is 1. The molecule has 0 aliphatic carbocycles. The first kappa shape index (κ1) is 16.1. The van der Waals surface area contributed by atoms with Gasteiger partial charge in [0.25, 0.3) is 11.8 Å². The molecule has 0 fully saturated rings. The molecule has 0 atom stereocenters. The predicted octanol–water partition coefficient (Wildman–Crippen LogP) is 1.61. The number of hydrogen-bond acceptors (Lipinski definition) is 4. The van der Waals surface area contributed by atoms with Gasteiger partial charge in [0.05, 0.1) is 11.3 Å². The summed E-state index contributed by atoms with van der Waals surface area (Å²) in [4.78, 5) is 23.6. The number of allylic oxidation sites excluding steroid dienone is 2. The highest BCUT2D eigenvalue weighted by Crippen LogP contribution is 2.28. The minimum atomic E-state index is -0.712. The molecule has 0 spiro atoms. The zero-order chi connectivity index (χ0) is 16.3. The SMILES string of the molecule is CNC(=O)c1ccc(Cl)c(/C(C(N)=O)=C2\C=CC(Cl)=NN2)c1. The Balaban J connectivity index is 2.60. The molecule has 2 amide bonds. The average molecular weight is 339 g/mol. The summed E-state index contributed by atoms with van der Waals surface area (Å²) in [7, 11) is 1.51. The predicted molar refractivity (Wildman–Crippen MR) is 86.5 cm³/mol. The van der Waals surface area contributed by atoms with E-state index in [1.165, 1.54) is 25.3 Å². The van der Waals surface area contributed by atoms with Crippen LogP contribution in [0.2, 0.25) is 5.02 Å². The van der Waals surface area contributed by atoms with E-state index in [0.717, 1.165) is 0 Å². The lowest BCUT2D eigenvalue weighted by molar-refractivity contribution is -0.112. The summed E-state index contributed by atoms with van der Waals surface area (Å²) in [5.41, 5.74) is 9.21. The van der Waals surface area contributed by atoms with Gasteiger partial charge in [-0.05, 0) is 30.4 Å². The number of carbonyl (C=O) groups excluding carboxylic acids is 2. The van der Waals surface area contributed by atoms with E-state index < -0.39 is 5.91 Å². The highest BCUT2D eigenvalue weighted by atomic mass is 35.5. The van der Waals surface area contributed by atoms with Crippen LogP contribution < -0.4 is 16.5 Å². The van der Waals surface area contributed by atoms with Gasteiger partial charge >= 0.3 is 0 Å². The maximum absolute atomic E-state index is 11.8. The van der Waals surface area contributed by atoms with Crippen LogP contribution in [0.4, 0.5) is 0 Å². The Bertz CT molecular complexity index is 738. The van der Waals surface area contributed by atoms with Crippen molar-refractivity contribution in [3.05, 3.63) is 52.2 Å². The van der Waals surface area contributed by atoms with Crippen molar-refractivity contribution in [2.24, 2.45) is 10.8 Å². The summed E-state index contributed by atoms with van der Waals surface area (Å²) >= 11 is 11.9. The van der Waals surface area contributed by atoms with E-state index >= 15 is 0 Å². The quantitative estimate of drug-likeness (QED) is 0.730. The number of primary amides is 1. The lowest BCUT2D eigenvalue weighted by Crippen LogP contribution is -2.22. The standard InChI is InChI=1S/C14H12Cl2N4O2/c1-18-14(22)7-2-3-9(15)8(6-7)12(13(17)21)10-4-5-11(16)20-19-10/h2-6,19H,1H3,(H2,17,21)(H,18,22)/b12-10-. The maximum Gasteiger partial charge on any atom is 0.251 e. The molecule has 6 nitrogen and oxygen atoms in total. The fourth-order valence-electron chi connectivity index (χ4n) is 1.89. The number of halogens is 2. The number of hydrazone groups is 1. The fourth-order valence-corrected chi connectivity index (χ4v) is 2.21. The van der Waals surface area contributed by atoms with E-state index in [-0.39, 0.29) is 21.7 Å². The van der Waals surface area contributed by atoms with E-state index in [9.17, 15) is 9.59 Å². The van der Waals surface area contributed by atoms with Gasteiger partial charge in [0.15, 0.2) is 0 Å². The zero-order valence-electron chi connectivity index (χ0n) is 11.5. The molecule has 4 N–H and O–H groups in total. The van der Waals surface area contributed by atoms with Crippen molar-refractivity contribution >= 4 is 45.8 Å². The Hall–Kier alpha value is -2.31. The second kappa shape index (κ2) is 6.64. The molecule has 0 radical (unpaired) electrons. The zero-order valence-corrected chi connectivity index (χ0v) is 13.0. The molecule has 0 saturated heterocycles. The lowest BCUT2D eigenvalue weighted by atomic mass is 9.99. The first-order valence-electron chi connectivity index (χ1n) is 6.17. The normalized spacial score (nSPS) is 15.7. The number of nitrogens with one attached hydrogen (secondary N) is 2. The molecule has 1 aromatic rings. The van der Waals surface area contributed by atoms with Gasteiger partial charge in [-0.25, -0.2) is 0 Å². The minimum Gasteiger partial charge on any atom is -0.366 e. The van der Waals surface area contributed by atoms with Gasteiger partial charge in [0, 0.05) is 23.2 Å². The van der Waals surface area contributed by atoms with Gasteiger partial charge < -0.3 is 11.1 Å². The van der Waals surface area contributed by atoms with Crippen LogP contribution in [-0.2, 0) is 4.79 Å². The second-order valence-corrected chi connectivity index (χ2v) is 5.10. The second-order valence-electron chi connectivity index (χ2n) is 4.31. The van der Waals surface area contributed by atoms with Crippen molar-refractivity contribution in [3.8, 4) is 0 Å². The Morgan fingerprint density at radius 2 is 2.00 bits per heavy atom. The Morgan fingerprint density at radius 3 is 2.55 bits per heavy atom. The van der Waals surface area contributed by atoms with E-state index in [0.29, 0.717) is 16.8 Å². The van der Waals surface area contributed by atoms with Crippen molar-refractivity contribution in [3.63, 3.8) is 0 Å². The molecule has 114 valence electrons. The molecular formula is C14H12Cl2N4O2. The smallest absolute Gasteiger partial charge is 0.251 e. The third-order valence-electron chi connectivity index (χ3n) is 2.91. The first-order valence-corrected chi connectivity index (χ1v) is 6.93. The molecule has 22 heavy (non-hydrogen) atoms. The van der Waals surface area contributed by atoms with E-state index in [2.05, 4.69) is 15.8 Å². The van der Waals surface area contributed by atoms with Crippen LogP contribution >= 0.6 is 23.2 Å². The molecule has 0 unspecified atom stereocenters. The molecule has 8 heteroatoms. The molecule has 0 saturated carbocycles. The number of rotatable bonds is 3. The van der Waals surface area contributed by atoms with Gasteiger partial charge in [0.1, 0.15) is 5.17 Å². The molecule has 1 aromatic carbocycles. The summed E-state index contributed by atoms with van der Waals surface area (Å²) in [5.74, 6) is -1.02. The third kappa shape index (κ3) is 3.29. The summed E-state index contributed by atoms with van der Waals surface area (Å²) in [5, 5.41) is 6.82. The topological polar surface area (TPSA) is 96.6 Å². The van der Waals surface area contributed by atoms with Crippen LogP contribution in [0.15, 0.2) is 41.1 Å². The first-order chi connectivity index (χ1) is 10.4.